The summed E-state index contributed by atoms with van der Waals surface area (Å²) in [5, 5.41) is 3.10. The standard InChI is InChI=1S/C16H31N3O.2ClH/c1-19-10-7-13(8-11-19)6-9-18-16(20)12-14-4-2-3-5-15(14)17;;/h13-15H,2-12,17H2,1H3,(H,18,20);2*1H. The number of nitrogens with two attached hydrogens (primary N) is 1. The first-order chi connectivity index (χ1) is 9.65. The fraction of sp³-hybridized carbons (Fsp3) is 0.938. The number of carbonyl (C=O) groups excluding carboxylic acids is 1. The number of rotatable bonds is 5. The van der Waals surface area contributed by atoms with E-state index in [4.69, 9.17) is 5.73 Å². The van der Waals surface area contributed by atoms with E-state index < -0.39 is 0 Å². The van der Waals surface area contributed by atoms with Gasteiger partial charge >= 0.3 is 0 Å². The van der Waals surface area contributed by atoms with Crippen molar-refractivity contribution < 1.29 is 4.79 Å². The predicted octanol–water partition coefficient (Wildman–Crippen LogP) is 2.59. The Morgan fingerprint density at radius 3 is 2.41 bits per heavy atom. The van der Waals surface area contributed by atoms with Gasteiger partial charge in [-0.05, 0) is 64.1 Å². The number of hydrogen-bond acceptors (Lipinski definition) is 3. The Balaban J connectivity index is 0.00000220. The molecule has 2 fully saturated rings. The molecule has 132 valence electrons. The van der Waals surface area contributed by atoms with E-state index in [-0.39, 0.29) is 36.8 Å². The molecule has 2 atom stereocenters. The van der Waals surface area contributed by atoms with Gasteiger partial charge < -0.3 is 16.0 Å². The summed E-state index contributed by atoms with van der Waals surface area (Å²) in [6, 6.07) is 0.239. The van der Waals surface area contributed by atoms with E-state index in [0.29, 0.717) is 12.3 Å². The molecule has 2 rings (SSSR count). The summed E-state index contributed by atoms with van der Waals surface area (Å²) in [6.45, 7) is 3.25. The maximum Gasteiger partial charge on any atom is 0.220 e. The summed E-state index contributed by atoms with van der Waals surface area (Å²) in [6.07, 6.45) is 9.01. The van der Waals surface area contributed by atoms with Gasteiger partial charge in [-0.15, -0.1) is 24.8 Å². The summed E-state index contributed by atoms with van der Waals surface area (Å²) in [5.41, 5.74) is 6.10. The van der Waals surface area contributed by atoms with Gasteiger partial charge in [0.25, 0.3) is 0 Å². The number of nitrogens with zero attached hydrogens (tertiary/aromatic N) is 1. The molecular formula is C16H33Cl2N3O. The molecule has 0 aromatic carbocycles. The molecule has 0 spiro atoms. The van der Waals surface area contributed by atoms with Crippen molar-refractivity contribution in [3.05, 3.63) is 0 Å². The average Bonchev–Trinajstić information content (AvgIpc) is 2.44. The third-order valence-electron chi connectivity index (χ3n) is 5.13. The molecule has 2 unspecified atom stereocenters. The van der Waals surface area contributed by atoms with Gasteiger partial charge in [-0.2, -0.15) is 0 Å². The highest BCUT2D eigenvalue weighted by Gasteiger charge is 2.24. The fourth-order valence-corrected chi connectivity index (χ4v) is 3.57. The first-order valence-electron chi connectivity index (χ1n) is 8.36. The fourth-order valence-electron chi connectivity index (χ4n) is 3.57. The first kappa shape index (κ1) is 22.0. The Bertz CT molecular complexity index is 310. The lowest BCUT2D eigenvalue weighted by molar-refractivity contribution is -0.122. The highest BCUT2D eigenvalue weighted by Crippen LogP contribution is 2.25. The molecule has 4 nitrogen and oxygen atoms in total. The van der Waals surface area contributed by atoms with Crippen molar-refractivity contribution in [3.63, 3.8) is 0 Å². The minimum Gasteiger partial charge on any atom is -0.356 e. The molecule has 22 heavy (non-hydrogen) atoms. The van der Waals surface area contributed by atoms with Gasteiger partial charge in [0.05, 0.1) is 0 Å². The third kappa shape index (κ3) is 7.49. The summed E-state index contributed by atoms with van der Waals surface area (Å²) in [7, 11) is 2.19. The lowest BCUT2D eigenvalue weighted by Gasteiger charge is -2.29. The Morgan fingerprint density at radius 1 is 1.14 bits per heavy atom. The highest BCUT2D eigenvalue weighted by atomic mass is 35.5. The van der Waals surface area contributed by atoms with Crippen molar-refractivity contribution in [3.8, 4) is 0 Å². The Hall–Kier alpha value is -0.0300. The maximum atomic E-state index is 12.0. The van der Waals surface area contributed by atoms with Gasteiger partial charge in [0.2, 0.25) is 5.91 Å². The Kier molecular flexibility index (Phi) is 11.5. The van der Waals surface area contributed by atoms with Crippen LogP contribution < -0.4 is 11.1 Å². The van der Waals surface area contributed by atoms with Crippen molar-refractivity contribution in [1.82, 2.24) is 10.2 Å². The quantitative estimate of drug-likeness (QED) is 0.798. The normalized spacial score (nSPS) is 26.6. The minimum atomic E-state index is 0. The third-order valence-corrected chi connectivity index (χ3v) is 5.13. The monoisotopic (exact) mass is 353 g/mol. The number of likely N-dealkylation sites (tertiary alicyclic amines) is 1. The lowest BCUT2D eigenvalue weighted by Crippen LogP contribution is -2.38. The van der Waals surface area contributed by atoms with Crippen molar-refractivity contribution in [2.45, 2.75) is 57.4 Å². The Labute approximate surface area is 147 Å². The molecule has 1 amide bonds. The van der Waals surface area contributed by atoms with Crippen LogP contribution in [0.3, 0.4) is 0 Å². The van der Waals surface area contributed by atoms with Crippen LogP contribution in [0.4, 0.5) is 0 Å². The van der Waals surface area contributed by atoms with Crippen LogP contribution in [-0.2, 0) is 4.79 Å². The lowest BCUT2D eigenvalue weighted by atomic mass is 9.83. The summed E-state index contributed by atoms with van der Waals surface area (Å²) in [4.78, 5) is 14.4. The van der Waals surface area contributed by atoms with Crippen LogP contribution in [0.5, 0.6) is 0 Å². The molecule has 1 heterocycles. The van der Waals surface area contributed by atoms with Crippen molar-refractivity contribution >= 4 is 30.7 Å². The second kappa shape index (κ2) is 11.5. The van der Waals surface area contributed by atoms with Crippen LogP contribution in [0, 0.1) is 11.8 Å². The molecule has 3 N–H and O–H groups in total. The minimum absolute atomic E-state index is 0. The average molecular weight is 354 g/mol. The number of hydrogen-bond donors (Lipinski definition) is 2. The SMILES string of the molecule is CN1CCC(CCNC(=O)CC2CCCCC2N)CC1.Cl.Cl. The van der Waals surface area contributed by atoms with Crippen LogP contribution in [-0.4, -0.2) is 43.5 Å². The van der Waals surface area contributed by atoms with Gasteiger partial charge in [0.1, 0.15) is 0 Å². The van der Waals surface area contributed by atoms with E-state index >= 15 is 0 Å². The van der Waals surface area contributed by atoms with Gasteiger partial charge in [-0.3, -0.25) is 4.79 Å². The van der Waals surface area contributed by atoms with Crippen LogP contribution >= 0.6 is 24.8 Å². The highest BCUT2D eigenvalue weighted by molar-refractivity contribution is 5.85. The van der Waals surface area contributed by atoms with E-state index in [9.17, 15) is 4.79 Å². The number of amides is 1. The van der Waals surface area contributed by atoms with Gasteiger partial charge in [-0.25, -0.2) is 0 Å². The molecule has 6 heteroatoms. The van der Waals surface area contributed by atoms with Crippen molar-refractivity contribution in [1.29, 1.82) is 0 Å². The molecule has 2 aliphatic rings. The smallest absolute Gasteiger partial charge is 0.220 e. The topological polar surface area (TPSA) is 58.4 Å². The summed E-state index contributed by atoms with van der Waals surface area (Å²) in [5.74, 6) is 1.41. The molecule has 0 aromatic rings. The second-order valence-corrected chi connectivity index (χ2v) is 6.80. The van der Waals surface area contributed by atoms with E-state index in [2.05, 4.69) is 17.3 Å². The molecular weight excluding hydrogens is 321 g/mol. The van der Waals surface area contributed by atoms with Gasteiger partial charge in [-0.1, -0.05) is 12.8 Å². The van der Waals surface area contributed by atoms with Crippen LogP contribution in [0.1, 0.15) is 51.4 Å². The largest absolute Gasteiger partial charge is 0.356 e. The second-order valence-electron chi connectivity index (χ2n) is 6.80. The van der Waals surface area contributed by atoms with Crippen molar-refractivity contribution in [2.75, 3.05) is 26.7 Å². The Morgan fingerprint density at radius 2 is 1.77 bits per heavy atom. The molecule has 1 saturated carbocycles. The zero-order chi connectivity index (χ0) is 14.4. The number of halogens is 2. The summed E-state index contributed by atoms with van der Waals surface area (Å²) >= 11 is 0. The number of piperidine rings is 1. The van der Waals surface area contributed by atoms with Crippen molar-refractivity contribution in [2.24, 2.45) is 17.6 Å². The number of carbonyl (C=O) groups is 1. The van der Waals surface area contributed by atoms with Crippen LogP contribution in [0.25, 0.3) is 0 Å². The maximum absolute atomic E-state index is 12.0. The molecule has 0 aromatic heterocycles. The molecule has 1 saturated heterocycles. The zero-order valence-corrected chi connectivity index (χ0v) is 15.4. The number of nitrogens with one attached hydrogen (secondary N) is 1. The predicted molar refractivity (Wildman–Crippen MR) is 96.9 cm³/mol. The van der Waals surface area contributed by atoms with Gasteiger partial charge in [0.15, 0.2) is 0 Å². The molecule has 0 bridgehead atoms. The van der Waals surface area contributed by atoms with E-state index in [1.165, 1.54) is 38.8 Å². The van der Waals surface area contributed by atoms with E-state index in [1.54, 1.807) is 0 Å². The van der Waals surface area contributed by atoms with Crippen LogP contribution in [0.15, 0.2) is 0 Å². The molecule has 1 aliphatic carbocycles. The summed E-state index contributed by atoms with van der Waals surface area (Å²) < 4.78 is 0. The zero-order valence-electron chi connectivity index (χ0n) is 13.8. The van der Waals surface area contributed by atoms with E-state index in [1.807, 2.05) is 0 Å². The van der Waals surface area contributed by atoms with Crippen LogP contribution in [0.2, 0.25) is 0 Å². The molecule has 0 radical (unpaired) electrons. The first-order valence-corrected chi connectivity index (χ1v) is 8.36. The molecule has 1 aliphatic heterocycles. The van der Waals surface area contributed by atoms with E-state index in [0.717, 1.165) is 31.7 Å². The van der Waals surface area contributed by atoms with Gasteiger partial charge in [0, 0.05) is 19.0 Å².